The Morgan fingerprint density at radius 1 is 0.878 bits per heavy atom. The third-order valence-electron chi connectivity index (χ3n) is 9.03. The third kappa shape index (κ3) is 7.93. The molecule has 3 aromatic rings. The number of rotatable bonds is 7. The lowest BCUT2D eigenvalue weighted by atomic mass is 9.79. The van der Waals surface area contributed by atoms with Crippen molar-refractivity contribution < 1.29 is 49.1 Å². The van der Waals surface area contributed by atoms with E-state index in [1.54, 1.807) is 6.92 Å². The first kappa shape index (κ1) is 35.9. The Balaban J connectivity index is 1.59. The van der Waals surface area contributed by atoms with Crippen LogP contribution in [0.15, 0.2) is 36.4 Å². The van der Waals surface area contributed by atoms with Crippen molar-refractivity contribution in [3.63, 3.8) is 0 Å². The van der Waals surface area contributed by atoms with Crippen LogP contribution in [-0.4, -0.2) is 38.1 Å². The first-order chi connectivity index (χ1) is 22.7. The lowest BCUT2D eigenvalue weighted by Crippen LogP contribution is -2.49. The van der Waals surface area contributed by atoms with Crippen LogP contribution in [0.25, 0.3) is 0 Å². The van der Waals surface area contributed by atoms with Crippen molar-refractivity contribution in [3.05, 3.63) is 64.2 Å². The monoisotopic (exact) mass is 705 g/mol. The molecule has 2 aromatic carbocycles. The molecule has 1 saturated carbocycles. The number of benzene rings is 2. The molecule has 1 aliphatic heterocycles. The summed E-state index contributed by atoms with van der Waals surface area (Å²) >= 11 is 0. The standard InChI is InChI=1S/C31H32F9N7O2/c1-16-9-25(46(28-42-44-45(2)43-28)15-18-10-21(30(35,36)37)13-22(11-18)31(38,39)40)23-14-20(29(32,33)34)7-8-24(23)47(16)27(49)19-5-3-17(4-6-19)12-26(41)48/h7-8,10-11,13-14,16-17,19,25H,3-6,9,12,15H2,1-2H3,(H2,41,48)/t16-,17?,19?,25+/m1/s1. The molecule has 49 heavy (non-hydrogen) atoms. The van der Waals surface area contributed by atoms with Gasteiger partial charge in [0.05, 0.1) is 29.8 Å². The zero-order valence-electron chi connectivity index (χ0n) is 26.2. The van der Waals surface area contributed by atoms with Crippen molar-refractivity contribution in [2.75, 3.05) is 9.80 Å². The summed E-state index contributed by atoms with van der Waals surface area (Å²) in [5, 5.41) is 11.7. The summed E-state index contributed by atoms with van der Waals surface area (Å²) in [4.78, 5) is 29.0. The second kappa shape index (κ2) is 13.2. The van der Waals surface area contributed by atoms with Gasteiger partial charge in [0.1, 0.15) is 0 Å². The molecule has 0 bridgehead atoms. The number of anilines is 2. The summed E-state index contributed by atoms with van der Waals surface area (Å²) in [5.74, 6) is -1.56. The van der Waals surface area contributed by atoms with Gasteiger partial charge in [-0.3, -0.25) is 9.59 Å². The second-order valence-electron chi connectivity index (χ2n) is 12.6. The first-order valence-electron chi connectivity index (χ1n) is 15.3. The number of hydrogen-bond donors (Lipinski definition) is 1. The van der Waals surface area contributed by atoms with E-state index in [9.17, 15) is 49.1 Å². The molecule has 0 spiro atoms. The smallest absolute Gasteiger partial charge is 0.370 e. The molecular weight excluding hydrogens is 673 g/mol. The van der Waals surface area contributed by atoms with Gasteiger partial charge in [-0.05, 0) is 97.7 Å². The van der Waals surface area contributed by atoms with Crippen LogP contribution >= 0.6 is 0 Å². The van der Waals surface area contributed by atoms with E-state index in [4.69, 9.17) is 5.73 Å². The Labute approximate surface area is 274 Å². The van der Waals surface area contributed by atoms with Crippen LogP contribution in [0.4, 0.5) is 51.1 Å². The number of primary amides is 1. The summed E-state index contributed by atoms with van der Waals surface area (Å²) in [6.45, 7) is 0.974. The van der Waals surface area contributed by atoms with Crippen molar-refractivity contribution in [1.29, 1.82) is 0 Å². The molecule has 266 valence electrons. The van der Waals surface area contributed by atoms with Crippen LogP contribution in [-0.2, 0) is 41.7 Å². The quantitative estimate of drug-likeness (QED) is 0.270. The van der Waals surface area contributed by atoms with Gasteiger partial charge in [0.2, 0.25) is 11.8 Å². The van der Waals surface area contributed by atoms with E-state index in [0.29, 0.717) is 37.8 Å². The Morgan fingerprint density at radius 2 is 1.47 bits per heavy atom. The van der Waals surface area contributed by atoms with Gasteiger partial charge in [0, 0.05) is 30.6 Å². The van der Waals surface area contributed by atoms with E-state index >= 15 is 0 Å². The first-order valence-corrected chi connectivity index (χ1v) is 15.3. The highest BCUT2D eigenvalue weighted by molar-refractivity contribution is 5.97. The molecular formula is C31H32F9N7O2. The Hall–Kier alpha value is -4.38. The van der Waals surface area contributed by atoms with Crippen molar-refractivity contribution >= 4 is 23.5 Å². The van der Waals surface area contributed by atoms with E-state index < -0.39 is 71.2 Å². The molecule has 1 aliphatic carbocycles. The summed E-state index contributed by atoms with van der Waals surface area (Å²) in [6.07, 6.45) is -13.1. The van der Waals surface area contributed by atoms with Gasteiger partial charge in [-0.15, -0.1) is 5.10 Å². The molecule has 2 amide bonds. The number of aromatic nitrogens is 4. The molecule has 2 aliphatic rings. The number of nitrogens with zero attached hydrogens (tertiary/aromatic N) is 6. The summed E-state index contributed by atoms with van der Waals surface area (Å²) in [7, 11) is 1.36. The van der Waals surface area contributed by atoms with Gasteiger partial charge in [0.25, 0.3) is 5.95 Å². The van der Waals surface area contributed by atoms with Crippen LogP contribution in [0, 0.1) is 11.8 Å². The van der Waals surface area contributed by atoms with Crippen LogP contribution in [0.3, 0.4) is 0 Å². The number of halogens is 9. The number of aryl methyl sites for hydroxylation is 1. The highest BCUT2D eigenvalue weighted by Gasteiger charge is 2.43. The lowest BCUT2D eigenvalue weighted by molar-refractivity contribution is -0.143. The molecule has 2 heterocycles. The normalized spacial score (nSPS) is 21.7. The number of fused-ring (bicyclic) bond motifs is 1. The number of alkyl halides is 9. The number of carbonyl (C=O) groups is 2. The number of hydrogen-bond acceptors (Lipinski definition) is 6. The maximum Gasteiger partial charge on any atom is 0.416 e. The SMILES string of the molecule is C[C@@H]1C[C@H](N(Cc2cc(C(F)(F)F)cc(C(F)(F)F)c2)c2nnn(C)n2)c2cc(C(F)(F)F)ccc2N1C(=O)C1CCC(CC(N)=O)CC1. The largest absolute Gasteiger partial charge is 0.416 e. The topological polar surface area (TPSA) is 110 Å². The minimum Gasteiger partial charge on any atom is -0.370 e. The number of carbonyl (C=O) groups excluding carboxylic acids is 2. The van der Waals surface area contributed by atoms with E-state index in [1.807, 2.05) is 0 Å². The van der Waals surface area contributed by atoms with Gasteiger partial charge in [-0.1, -0.05) is 5.10 Å². The molecule has 0 saturated heterocycles. The van der Waals surface area contributed by atoms with Gasteiger partial charge in [-0.25, -0.2) is 0 Å². The molecule has 18 heteroatoms. The summed E-state index contributed by atoms with van der Waals surface area (Å²) < 4.78 is 124. The van der Waals surface area contributed by atoms with E-state index in [1.165, 1.54) is 16.8 Å². The zero-order chi connectivity index (χ0) is 36.1. The predicted octanol–water partition coefficient (Wildman–Crippen LogP) is 6.82. The molecule has 2 N–H and O–H groups in total. The van der Waals surface area contributed by atoms with Crippen molar-refractivity contribution in [1.82, 2.24) is 20.2 Å². The zero-order valence-corrected chi connectivity index (χ0v) is 26.2. The molecule has 5 rings (SSSR count). The van der Waals surface area contributed by atoms with Crippen LogP contribution in [0.2, 0.25) is 0 Å². The molecule has 0 unspecified atom stereocenters. The average molecular weight is 706 g/mol. The maximum atomic E-state index is 14.0. The minimum absolute atomic E-state index is 0.00749. The van der Waals surface area contributed by atoms with Crippen molar-refractivity contribution in [2.45, 2.75) is 82.6 Å². The van der Waals surface area contributed by atoms with E-state index in [2.05, 4.69) is 15.4 Å². The van der Waals surface area contributed by atoms with E-state index in [0.717, 1.165) is 23.0 Å². The fraction of sp³-hybridized carbons (Fsp3) is 0.516. The predicted molar refractivity (Wildman–Crippen MR) is 156 cm³/mol. The van der Waals surface area contributed by atoms with Crippen LogP contribution in [0.1, 0.15) is 79.3 Å². The van der Waals surface area contributed by atoms with Crippen LogP contribution in [0.5, 0.6) is 0 Å². The fourth-order valence-corrected chi connectivity index (χ4v) is 6.75. The highest BCUT2D eigenvalue weighted by Crippen LogP contribution is 2.46. The highest BCUT2D eigenvalue weighted by atomic mass is 19.4. The molecule has 9 nitrogen and oxygen atoms in total. The average Bonchev–Trinajstić information content (AvgIpc) is 3.43. The Kier molecular flexibility index (Phi) is 9.64. The lowest BCUT2D eigenvalue weighted by Gasteiger charge is -2.45. The third-order valence-corrected chi connectivity index (χ3v) is 9.03. The number of amides is 2. The van der Waals surface area contributed by atoms with Crippen molar-refractivity contribution in [3.8, 4) is 0 Å². The minimum atomic E-state index is -5.14. The van der Waals surface area contributed by atoms with Gasteiger partial charge in [-0.2, -0.15) is 44.3 Å². The van der Waals surface area contributed by atoms with Crippen molar-refractivity contribution in [2.24, 2.45) is 24.6 Å². The summed E-state index contributed by atoms with van der Waals surface area (Å²) in [5.41, 5.74) is 0.720. The fourth-order valence-electron chi connectivity index (χ4n) is 6.75. The van der Waals surface area contributed by atoms with Gasteiger partial charge in [0.15, 0.2) is 0 Å². The van der Waals surface area contributed by atoms with E-state index in [-0.39, 0.29) is 47.9 Å². The maximum absolute atomic E-state index is 14.0. The Morgan fingerprint density at radius 3 is 1.98 bits per heavy atom. The van der Waals surface area contributed by atoms with Crippen LogP contribution < -0.4 is 15.5 Å². The number of tetrazole rings is 1. The molecule has 1 fully saturated rings. The second-order valence-corrected chi connectivity index (χ2v) is 12.6. The molecule has 0 radical (unpaired) electrons. The Bertz CT molecular complexity index is 1660. The molecule has 1 aromatic heterocycles. The van der Waals surface area contributed by atoms with Gasteiger partial charge >= 0.3 is 18.5 Å². The van der Waals surface area contributed by atoms with Gasteiger partial charge < -0.3 is 15.5 Å². The molecule has 2 atom stereocenters. The summed E-state index contributed by atoms with van der Waals surface area (Å²) in [6, 6.07) is 1.99. The number of nitrogens with two attached hydrogens (primary N) is 1.